The van der Waals surface area contributed by atoms with Crippen molar-refractivity contribution in [1.29, 1.82) is 0 Å². The molecule has 2 N–H and O–H groups in total. The Balaban J connectivity index is 0.000000266. The lowest BCUT2D eigenvalue weighted by atomic mass is 10.1. The molecule has 240 valence electrons. The van der Waals surface area contributed by atoms with Gasteiger partial charge in [0.25, 0.3) is 0 Å². The maximum Gasteiger partial charge on any atom is 0.333 e. The predicted molar refractivity (Wildman–Crippen MR) is 189 cm³/mol. The molecule has 0 saturated heterocycles. The summed E-state index contributed by atoms with van der Waals surface area (Å²) in [6.07, 6.45) is 1.59. The summed E-state index contributed by atoms with van der Waals surface area (Å²) in [6, 6.07) is 41.3. The van der Waals surface area contributed by atoms with Crippen molar-refractivity contribution in [3.63, 3.8) is 0 Å². The molecule has 1 aromatic heterocycles. The summed E-state index contributed by atoms with van der Waals surface area (Å²) < 4.78 is 13.5. The van der Waals surface area contributed by atoms with E-state index < -0.39 is 12.1 Å². The molecule has 0 aliphatic heterocycles. The van der Waals surface area contributed by atoms with Crippen LogP contribution in [0.5, 0.6) is 5.75 Å². The molecule has 1 unspecified atom stereocenters. The second kappa shape index (κ2) is 18.6. The van der Waals surface area contributed by atoms with Crippen molar-refractivity contribution >= 4 is 17.7 Å². The Morgan fingerprint density at radius 3 is 1.96 bits per heavy atom. The second-order valence-corrected chi connectivity index (χ2v) is 11.7. The molecular formula is C39H44N2O4S. The van der Waals surface area contributed by atoms with Crippen molar-refractivity contribution in [2.24, 2.45) is 0 Å². The van der Waals surface area contributed by atoms with Gasteiger partial charge in [0.2, 0.25) is 0 Å². The van der Waals surface area contributed by atoms with E-state index in [4.69, 9.17) is 9.47 Å². The number of aryl methyl sites for hydroxylation is 1. The number of thioether (sulfide) groups is 1. The fourth-order valence-corrected chi connectivity index (χ4v) is 5.44. The molecule has 0 fully saturated rings. The van der Waals surface area contributed by atoms with Crippen LogP contribution in [0.3, 0.4) is 0 Å². The lowest BCUT2D eigenvalue weighted by molar-refractivity contribution is -0.149. The largest absolute Gasteiger partial charge is 0.492 e. The number of nitrogens with one attached hydrogen (secondary N) is 1. The molecule has 46 heavy (non-hydrogen) atoms. The van der Waals surface area contributed by atoms with Gasteiger partial charge in [0.15, 0.2) is 6.10 Å². The highest BCUT2D eigenvalue weighted by Crippen LogP contribution is 2.25. The molecular weight excluding hydrogens is 593 g/mol. The van der Waals surface area contributed by atoms with Crippen LogP contribution in [0.4, 0.5) is 0 Å². The smallest absolute Gasteiger partial charge is 0.333 e. The van der Waals surface area contributed by atoms with E-state index >= 15 is 0 Å². The maximum atomic E-state index is 11.3. The lowest BCUT2D eigenvalue weighted by Gasteiger charge is -2.14. The van der Waals surface area contributed by atoms with E-state index in [0.29, 0.717) is 19.6 Å². The topological polar surface area (TPSA) is 72.7 Å². The van der Waals surface area contributed by atoms with Crippen molar-refractivity contribution in [2.45, 2.75) is 50.9 Å². The van der Waals surface area contributed by atoms with Crippen molar-refractivity contribution in [3.8, 4) is 17.0 Å². The van der Waals surface area contributed by atoms with Gasteiger partial charge in [-0.15, -0.1) is 11.8 Å². The fourth-order valence-electron chi connectivity index (χ4n) is 5.03. The van der Waals surface area contributed by atoms with Gasteiger partial charge in [0.1, 0.15) is 12.4 Å². The first kappa shape index (κ1) is 34.6. The Labute approximate surface area is 277 Å². The van der Waals surface area contributed by atoms with E-state index in [-0.39, 0.29) is 0 Å². The Morgan fingerprint density at radius 1 is 0.804 bits per heavy atom. The molecule has 0 spiro atoms. The van der Waals surface area contributed by atoms with Gasteiger partial charge in [0.05, 0.1) is 6.54 Å². The van der Waals surface area contributed by atoms with E-state index in [1.807, 2.05) is 36.4 Å². The summed E-state index contributed by atoms with van der Waals surface area (Å²) in [6.45, 7) is 7.41. The third-order valence-corrected chi connectivity index (χ3v) is 8.24. The van der Waals surface area contributed by atoms with E-state index in [9.17, 15) is 9.90 Å². The van der Waals surface area contributed by atoms with Crippen LogP contribution in [-0.4, -0.2) is 41.2 Å². The van der Waals surface area contributed by atoms with Crippen LogP contribution in [0.15, 0.2) is 126 Å². The summed E-state index contributed by atoms with van der Waals surface area (Å²) in [7, 11) is 0. The van der Waals surface area contributed by atoms with Crippen LogP contribution in [-0.2, 0) is 35.6 Å². The van der Waals surface area contributed by atoms with Crippen LogP contribution in [0.1, 0.15) is 29.3 Å². The number of rotatable bonds is 15. The number of carbonyl (C=O) groups is 1. The zero-order valence-electron chi connectivity index (χ0n) is 26.9. The Morgan fingerprint density at radius 2 is 1.41 bits per heavy atom. The average Bonchev–Trinajstić information content (AvgIpc) is 3.46. The number of benzene rings is 4. The minimum Gasteiger partial charge on any atom is -0.492 e. The number of carboxylic acid groups (broad SMARTS) is 1. The van der Waals surface area contributed by atoms with E-state index in [1.165, 1.54) is 33.0 Å². The molecule has 5 rings (SSSR count). The molecule has 6 nitrogen and oxygen atoms in total. The highest BCUT2D eigenvalue weighted by Gasteiger charge is 2.17. The third-order valence-electron chi connectivity index (χ3n) is 7.50. The summed E-state index contributed by atoms with van der Waals surface area (Å²) in [5, 5.41) is 12.6. The Kier molecular flexibility index (Phi) is 14.0. The first-order chi connectivity index (χ1) is 22.5. The Hall–Kier alpha value is -4.30. The molecule has 0 aliphatic carbocycles. The van der Waals surface area contributed by atoms with Gasteiger partial charge >= 0.3 is 5.97 Å². The number of carboxylic acids is 1. The highest BCUT2D eigenvalue weighted by molar-refractivity contribution is 7.98. The van der Waals surface area contributed by atoms with Crippen molar-refractivity contribution in [3.05, 3.63) is 144 Å². The molecule has 0 saturated carbocycles. The van der Waals surface area contributed by atoms with Crippen molar-refractivity contribution in [2.75, 3.05) is 19.5 Å². The van der Waals surface area contributed by atoms with Gasteiger partial charge in [-0.05, 0) is 78.8 Å². The van der Waals surface area contributed by atoms with Crippen LogP contribution in [0, 0.1) is 6.92 Å². The number of hydrogen-bond acceptors (Lipinski definition) is 5. The van der Waals surface area contributed by atoms with E-state index in [0.717, 1.165) is 30.9 Å². The summed E-state index contributed by atoms with van der Waals surface area (Å²) in [4.78, 5) is 12.5. The molecule has 7 heteroatoms. The normalized spacial score (nSPS) is 11.4. The molecule has 0 aliphatic rings. The zero-order chi connectivity index (χ0) is 32.6. The average molecular weight is 637 g/mol. The summed E-state index contributed by atoms with van der Waals surface area (Å²) >= 11 is 1.74. The number of aromatic nitrogens is 1. The standard InChI is InChI=1S/C25H29NO4S.C14H15N/c1-4-29-24(25(27)28)17-19-6-10-21(11-7-19)30-16-15-26-18(2)5-14-23(26)20-8-12-22(31-3)13-9-20;1-3-7-13(8-4-1)11-15-12-14-9-5-2-6-10-14/h5-14,24H,4,15-17H2,1-3H3,(H,27,28);1-10,15H,11-12H2. The van der Waals surface area contributed by atoms with Gasteiger partial charge in [-0.1, -0.05) is 84.9 Å². The predicted octanol–water partition coefficient (Wildman–Crippen LogP) is 8.27. The number of aliphatic carboxylic acids is 1. The van der Waals surface area contributed by atoms with Gasteiger partial charge in [0, 0.05) is 42.4 Å². The van der Waals surface area contributed by atoms with Gasteiger partial charge in [-0.3, -0.25) is 0 Å². The Bertz CT molecular complexity index is 1550. The molecule has 5 aromatic rings. The quantitative estimate of drug-likeness (QED) is 0.113. The van der Waals surface area contributed by atoms with Crippen LogP contribution in [0.25, 0.3) is 11.3 Å². The minimum atomic E-state index is -0.942. The van der Waals surface area contributed by atoms with Crippen molar-refractivity contribution < 1.29 is 19.4 Å². The molecule has 1 heterocycles. The van der Waals surface area contributed by atoms with Gasteiger partial charge < -0.3 is 24.5 Å². The zero-order valence-corrected chi connectivity index (χ0v) is 27.7. The fraction of sp³-hybridized carbons (Fsp3) is 0.256. The second-order valence-electron chi connectivity index (χ2n) is 10.8. The maximum absolute atomic E-state index is 11.3. The summed E-state index contributed by atoms with van der Waals surface area (Å²) in [5.74, 6) is -0.175. The first-order valence-corrected chi connectivity index (χ1v) is 16.8. The highest BCUT2D eigenvalue weighted by atomic mass is 32.2. The van der Waals surface area contributed by atoms with Crippen LogP contribution in [0.2, 0.25) is 0 Å². The SMILES string of the molecule is CCOC(Cc1ccc(OCCn2c(C)ccc2-c2ccc(SC)cc2)cc1)C(=O)O.c1ccc(CNCc2ccccc2)cc1. The van der Waals surface area contributed by atoms with E-state index in [2.05, 4.69) is 108 Å². The third kappa shape index (κ3) is 10.9. The monoisotopic (exact) mass is 636 g/mol. The van der Waals surface area contributed by atoms with Gasteiger partial charge in [-0.2, -0.15) is 0 Å². The van der Waals surface area contributed by atoms with Crippen LogP contribution >= 0.6 is 11.8 Å². The number of hydrogen-bond donors (Lipinski definition) is 2. The minimum absolute atomic E-state index is 0.338. The molecule has 0 amide bonds. The molecule has 0 radical (unpaired) electrons. The first-order valence-electron chi connectivity index (χ1n) is 15.6. The van der Waals surface area contributed by atoms with Crippen molar-refractivity contribution in [1.82, 2.24) is 9.88 Å². The molecule has 4 aromatic carbocycles. The van der Waals surface area contributed by atoms with Gasteiger partial charge in [-0.25, -0.2) is 4.79 Å². The van der Waals surface area contributed by atoms with E-state index in [1.54, 1.807) is 18.7 Å². The molecule has 0 bridgehead atoms. The lowest BCUT2D eigenvalue weighted by Crippen LogP contribution is -2.26. The number of nitrogens with zero attached hydrogens (tertiary/aromatic N) is 1. The van der Waals surface area contributed by atoms with Crippen LogP contribution < -0.4 is 10.1 Å². The number of ether oxygens (including phenoxy) is 2. The molecule has 1 atom stereocenters. The summed E-state index contributed by atoms with van der Waals surface area (Å²) in [5.41, 5.74) is 7.13.